The zero-order chi connectivity index (χ0) is 19.6. The Hall–Kier alpha value is -2.81. The van der Waals surface area contributed by atoms with Crippen LogP contribution in [0.15, 0.2) is 66.3 Å². The van der Waals surface area contributed by atoms with Gasteiger partial charge in [0.15, 0.2) is 0 Å². The molecule has 0 fully saturated rings. The zero-order valence-corrected chi connectivity index (χ0v) is 16.3. The average Bonchev–Trinajstić information content (AvgIpc) is 2.66. The van der Waals surface area contributed by atoms with E-state index in [1.807, 2.05) is 36.4 Å². The molecule has 3 rings (SSSR count). The highest BCUT2D eigenvalue weighted by Gasteiger charge is 2.30. The highest BCUT2D eigenvalue weighted by molar-refractivity contribution is 5.74. The third-order valence-corrected chi connectivity index (χ3v) is 5.33. The van der Waals surface area contributed by atoms with Gasteiger partial charge in [-0.2, -0.15) is 0 Å². The minimum absolute atomic E-state index is 0.231. The van der Waals surface area contributed by atoms with Crippen LogP contribution in [0.25, 0.3) is 5.57 Å². The third-order valence-electron chi connectivity index (χ3n) is 5.33. The fourth-order valence-electron chi connectivity index (χ4n) is 3.57. The van der Waals surface area contributed by atoms with Crippen molar-refractivity contribution in [3.05, 3.63) is 77.4 Å². The van der Waals surface area contributed by atoms with Crippen LogP contribution >= 0.6 is 0 Å². The third kappa shape index (κ3) is 3.97. The van der Waals surface area contributed by atoms with Gasteiger partial charge in [-0.05, 0) is 54.8 Å². The van der Waals surface area contributed by atoms with Gasteiger partial charge in [0.1, 0.15) is 11.5 Å². The molecule has 0 aromatic heterocycles. The molecule has 2 aromatic carbocycles. The van der Waals surface area contributed by atoms with Crippen LogP contribution in [0.4, 0.5) is 0 Å². The van der Waals surface area contributed by atoms with Gasteiger partial charge in [0.2, 0.25) is 0 Å². The lowest BCUT2D eigenvalue weighted by atomic mass is 9.71. The van der Waals surface area contributed by atoms with Crippen molar-refractivity contribution < 1.29 is 14.6 Å². The highest BCUT2D eigenvalue weighted by atomic mass is 16.5. The number of rotatable bonds is 4. The lowest BCUT2D eigenvalue weighted by molar-refractivity contribution is -0.134. The summed E-state index contributed by atoms with van der Waals surface area (Å²) in [5.74, 6) is 0.926. The minimum atomic E-state index is -0.253. The van der Waals surface area contributed by atoms with Gasteiger partial charge in [0, 0.05) is 17.8 Å². The summed E-state index contributed by atoms with van der Waals surface area (Å²) in [6, 6.07) is 15.1. The van der Waals surface area contributed by atoms with Crippen LogP contribution in [0, 0.1) is 5.92 Å². The second-order valence-corrected chi connectivity index (χ2v) is 7.39. The van der Waals surface area contributed by atoms with Gasteiger partial charge in [-0.1, -0.05) is 55.8 Å². The van der Waals surface area contributed by atoms with E-state index in [2.05, 4.69) is 32.9 Å². The molecule has 0 aliphatic heterocycles. The Morgan fingerprint density at radius 1 is 1.07 bits per heavy atom. The molecular weight excluding hydrogens is 336 g/mol. The molecule has 3 nitrogen and oxygen atoms in total. The molecule has 0 saturated heterocycles. The fourth-order valence-corrected chi connectivity index (χ4v) is 3.57. The van der Waals surface area contributed by atoms with Crippen molar-refractivity contribution >= 4 is 11.5 Å². The van der Waals surface area contributed by atoms with Crippen molar-refractivity contribution in [1.29, 1.82) is 0 Å². The number of phenolic OH excluding ortho intramolecular Hbond substituents is 1. The Balaban J connectivity index is 1.97. The zero-order valence-electron chi connectivity index (χ0n) is 16.3. The second kappa shape index (κ2) is 7.43. The van der Waals surface area contributed by atoms with Gasteiger partial charge in [-0.15, -0.1) is 0 Å². The quantitative estimate of drug-likeness (QED) is 0.435. The van der Waals surface area contributed by atoms with E-state index in [0.717, 1.165) is 11.1 Å². The number of aromatic hydroxyl groups is 1. The van der Waals surface area contributed by atoms with E-state index < -0.39 is 0 Å². The van der Waals surface area contributed by atoms with Crippen molar-refractivity contribution in [2.24, 2.45) is 5.92 Å². The first kappa shape index (κ1) is 19.0. The number of hydrogen-bond donors (Lipinski definition) is 1. The summed E-state index contributed by atoms with van der Waals surface area (Å²) in [7, 11) is 0. The first-order valence-electron chi connectivity index (χ1n) is 9.35. The number of phenols is 1. The largest absolute Gasteiger partial charge is 0.508 e. The smallest absolute Gasteiger partial charge is 0.310 e. The van der Waals surface area contributed by atoms with Gasteiger partial charge in [0.25, 0.3) is 0 Å². The molecule has 0 radical (unpaired) electrons. The number of ether oxygens (including phenoxy) is 1. The molecule has 1 aliphatic carbocycles. The molecule has 0 bridgehead atoms. The van der Waals surface area contributed by atoms with E-state index in [9.17, 15) is 9.90 Å². The number of esters is 1. The van der Waals surface area contributed by atoms with Crippen LogP contribution in [-0.4, -0.2) is 11.1 Å². The summed E-state index contributed by atoms with van der Waals surface area (Å²) in [6.07, 6.45) is 4.96. The number of allylic oxidation sites excluding steroid dienone is 4. The molecular formula is C24H26O3. The lowest BCUT2D eigenvalue weighted by Crippen LogP contribution is -2.23. The first-order chi connectivity index (χ1) is 12.8. The number of carbonyl (C=O) groups is 1. The molecule has 0 amide bonds. The molecule has 3 heteroatoms. The maximum absolute atomic E-state index is 11.5. The lowest BCUT2D eigenvalue weighted by Gasteiger charge is -2.33. The molecule has 140 valence electrons. The van der Waals surface area contributed by atoms with E-state index in [1.54, 1.807) is 19.1 Å². The first-order valence-corrected chi connectivity index (χ1v) is 9.35. The summed E-state index contributed by atoms with van der Waals surface area (Å²) in [5.41, 5.74) is 4.56. The minimum Gasteiger partial charge on any atom is -0.508 e. The summed E-state index contributed by atoms with van der Waals surface area (Å²) in [4.78, 5) is 11.5. The van der Waals surface area contributed by atoms with Gasteiger partial charge in [-0.3, -0.25) is 4.79 Å². The van der Waals surface area contributed by atoms with E-state index >= 15 is 0 Å². The van der Waals surface area contributed by atoms with E-state index in [-0.39, 0.29) is 17.1 Å². The molecule has 2 atom stereocenters. The topological polar surface area (TPSA) is 46.5 Å². The molecule has 2 aromatic rings. The Labute approximate surface area is 161 Å². The molecule has 1 aliphatic rings. The van der Waals surface area contributed by atoms with Gasteiger partial charge >= 0.3 is 5.97 Å². The van der Waals surface area contributed by atoms with Crippen LogP contribution in [0.3, 0.4) is 0 Å². The Morgan fingerprint density at radius 2 is 1.70 bits per heavy atom. The number of carbonyl (C=O) groups excluding carboxylic acids is 1. The number of benzene rings is 2. The fraction of sp³-hybridized carbons (Fsp3) is 0.292. The van der Waals surface area contributed by atoms with Crippen LogP contribution < -0.4 is 4.74 Å². The maximum Gasteiger partial charge on any atom is 0.310 e. The Kier molecular flexibility index (Phi) is 5.22. The molecule has 0 saturated carbocycles. The standard InChI is InChI=1S/C24H26O3/c1-5-23(26)27-21-12-8-19(9-13-21)24(4)14-16(2)17(3)22(15-24)18-6-10-20(25)11-7-18/h6-15,17,25H,5H2,1-4H3. The van der Waals surface area contributed by atoms with Gasteiger partial charge in [-0.25, -0.2) is 0 Å². The normalized spacial score (nSPS) is 22.0. The Morgan fingerprint density at radius 3 is 2.30 bits per heavy atom. The van der Waals surface area contributed by atoms with Crippen molar-refractivity contribution in [2.75, 3.05) is 0 Å². The van der Waals surface area contributed by atoms with Crippen LogP contribution in [0.5, 0.6) is 11.5 Å². The van der Waals surface area contributed by atoms with Crippen LogP contribution in [0.1, 0.15) is 45.2 Å². The van der Waals surface area contributed by atoms with Gasteiger partial charge in [0.05, 0.1) is 0 Å². The molecule has 2 unspecified atom stereocenters. The van der Waals surface area contributed by atoms with Crippen LogP contribution in [-0.2, 0) is 10.2 Å². The van der Waals surface area contributed by atoms with Crippen molar-refractivity contribution in [1.82, 2.24) is 0 Å². The monoisotopic (exact) mass is 362 g/mol. The summed E-state index contributed by atoms with van der Waals surface area (Å²) in [5, 5.41) is 9.59. The predicted octanol–water partition coefficient (Wildman–Crippen LogP) is 5.64. The molecule has 0 heterocycles. The van der Waals surface area contributed by atoms with E-state index in [1.165, 1.54) is 11.1 Å². The Bertz CT molecular complexity index is 888. The predicted molar refractivity (Wildman–Crippen MR) is 109 cm³/mol. The summed E-state index contributed by atoms with van der Waals surface area (Å²) >= 11 is 0. The molecule has 0 spiro atoms. The summed E-state index contributed by atoms with van der Waals surface area (Å²) < 4.78 is 5.29. The van der Waals surface area contributed by atoms with E-state index in [4.69, 9.17) is 4.74 Å². The van der Waals surface area contributed by atoms with Crippen molar-refractivity contribution in [2.45, 2.75) is 39.5 Å². The number of hydrogen-bond acceptors (Lipinski definition) is 3. The van der Waals surface area contributed by atoms with Crippen molar-refractivity contribution in [3.8, 4) is 11.5 Å². The average molecular weight is 362 g/mol. The van der Waals surface area contributed by atoms with Crippen LogP contribution in [0.2, 0.25) is 0 Å². The SMILES string of the molecule is CCC(=O)Oc1ccc(C2(C)C=C(C)C(C)C(c3ccc(O)cc3)=C2)cc1. The van der Waals surface area contributed by atoms with Crippen molar-refractivity contribution in [3.63, 3.8) is 0 Å². The second-order valence-electron chi connectivity index (χ2n) is 7.39. The molecule has 27 heavy (non-hydrogen) atoms. The molecule has 1 N–H and O–H groups in total. The highest BCUT2D eigenvalue weighted by Crippen LogP contribution is 2.42. The van der Waals surface area contributed by atoms with Gasteiger partial charge < -0.3 is 9.84 Å². The van der Waals surface area contributed by atoms with E-state index in [0.29, 0.717) is 18.1 Å². The maximum atomic E-state index is 11.5. The summed E-state index contributed by atoms with van der Waals surface area (Å²) in [6.45, 7) is 8.34.